The smallest absolute Gasteiger partial charge is 0.378 e. The SMILES string of the molecule is CC(C)C(Nc1ccc(C(F)(F)F)cc1)c1ccccc1. The van der Waals surface area contributed by atoms with Crippen molar-refractivity contribution in [3.8, 4) is 0 Å². The lowest BCUT2D eigenvalue weighted by atomic mass is 9.95. The van der Waals surface area contributed by atoms with E-state index in [9.17, 15) is 13.2 Å². The molecule has 21 heavy (non-hydrogen) atoms. The van der Waals surface area contributed by atoms with Crippen LogP contribution in [0.4, 0.5) is 18.9 Å². The third-order valence-electron chi connectivity index (χ3n) is 3.36. The van der Waals surface area contributed by atoms with Gasteiger partial charge in [0.15, 0.2) is 0 Å². The van der Waals surface area contributed by atoms with E-state index in [0.717, 1.165) is 17.7 Å². The number of hydrogen-bond acceptors (Lipinski definition) is 1. The molecule has 0 heterocycles. The summed E-state index contributed by atoms with van der Waals surface area (Å²) in [4.78, 5) is 0. The minimum absolute atomic E-state index is 0.0583. The van der Waals surface area contributed by atoms with Crippen molar-refractivity contribution >= 4 is 5.69 Å². The van der Waals surface area contributed by atoms with Crippen LogP contribution in [0, 0.1) is 5.92 Å². The number of hydrogen-bond donors (Lipinski definition) is 1. The maximum atomic E-state index is 12.6. The summed E-state index contributed by atoms with van der Waals surface area (Å²) in [6.07, 6.45) is -4.30. The Kier molecular flexibility index (Phi) is 4.56. The molecule has 0 aromatic heterocycles. The summed E-state index contributed by atoms with van der Waals surface area (Å²) < 4.78 is 37.7. The quantitative estimate of drug-likeness (QED) is 0.783. The van der Waals surface area contributed by atoms with Gasteiger partial charge in [-0.05, 0) is 35.7 Å². The Labute approximate surface area is 122 Å². The Hall–Kier alpha value is -1.97. The number of alkyl halides is 3. The van der Waals surface area contributed by atoms with Gasteiger partial charge in [-0.25, -0.2) is 0 Å². The normalized spacial score (nSPS) is 13.2. The monoisotopic (exact) mass is 293 g/mol. The van der Waals surface area contributed by atoms with Crippen LogP contribution in [0.5, 0.6) is 0 Å². The van der Waals surface area contributed by atoms with E-state index >= 15 is 0 Å². The van der Waals surface area contributed by atoms with Crippen molar-refractivity contribution in [2.45, 2.75) is 26.1 Å². The molecule has 2 aromatic carbocycles. The van der Waals surface area contributed by atoms with Crippen LogP contribution in [0.1, 0.15) is 31.0 Å². The number of nitrogens with one attached hydrogen (secondary N) is 1. The van der Waals surface area contributed by atoms with Crippen LogP contribution in [0.3, 0.4) is 0 Å². The number of benzene rings is 2. The molecule has 2 rings (SSSR count). The first-order chi connectivity index (χ1) is 9.88. The number of halogens is 3. The Morgan fingerprint density at radius 3 is 1.90 bits per heavy atom. The highest BCUT2D eigenvalue weighted by Crippen LogP contribution is 2.31. The lowest BCUT2D eigenvalue weighted by Crippen LogP contribution is -2.16. The van der Waals surface area contributed by atoms with E-state index in [-0.39, 0.29) is 6.04 Å². The van der Waals surface area contributed by atoms with Crippen molar-refractivity contribution in [2.75, 3.05) is 5.32 Å². The van der Waals surface area contributed by atoms with Gasteiger partial charge in [-0.1, -0.05) is 44.2 Å². The third kappa shape index (κ3) is 4.00. The van der Waals surface area contributed by atoms with E-state index in [1.165, 1.54) is 12.1 Å². The molecule has 0 saturated carbocycles. The maximum absolute atomic E-state index is 12.6. The molecule has 0 saturated heterocycles. The summed E-state index contributed by atoms with van der Waals surface area (Å²) in [6, 6.07) is 15.1. The molecule has 0 aliphatic carbocycles. The molecule has 112 valence electrons. The highest BCUT2D eigenvalue weighted by molar-refractivity contribution is 5.47. The molecular weight excluding hydrogens is 275 g/mol. The molecule has 0 aliphatic heterocycles. The van der Waals surface area contributed by atoms with Gasteiger partial charge in [0.25, 0.3) is 0 Å². The molecule has 0 radical (unpaired) electrons. The molecule has 0 bridgehead atoms. The number of anilines is 1. The van der Waals surface area contributed by atoms with E-state index in [2.05, 4.69) is 19.2 Å². The van der Waals surface area contributed by atoms with E-state index in [1.807, 2.05) is 30.3 Å². The molecule has 4 heteroatoms. The van der Waals surface area contributed by atoms with Crippen molar-refractivity contribution in [1.82, 2.24) is 0 Å². The third-order valence-corrected chi connectivity index (χ3v) is 3.36. The van der Waals surface area contributed by atoms with Gasteiger partial charge >= 0.3 is 6.18 Å². The van der Waals surface area contributed by atoms with E-state index in [4.69, 9.17) is 0 Å². The zero-order chi connectivity index (χ0) is 15.5. The van der Waals surface area contributed by atoms with Gasteiger partial charge in [0.05, 0.1) is 11.6 Å². The predicted molar refractivity (Wildman–Crippen MR) is 79.1 cm³/mol. The summed E-state index contributed by atoms with van der Waals surface area (Å²) >= 11 is 0. The second-order valence-electron chi connectivity index (χ2n) is 5.35. The Bertz CT molecular complexity index is 559. The van der Waals surface area contributed by atoms with Gasteiger partial charge in [-0.15, -0.1) is 0 Å². The van der Waals surface area contributed by atoms with Gasteiger partial charge in [0, 0.05) is 5.69 Å². The molecule has 1 nitrogen and oxygen atoms in total. The van der Waals surface area contributed by atoms with Gasteiger partial charge in [-0.2, -0.15) is 13.2 Å². The summed E-state index contributed by atoms with van der Waals surface area (Å²) in [5.41, 5.74) is 1.17. The van der Waals surface area contributed by atoms with Crippen molar-refractivity contribution in [2.24, 2.45) is 5.92 Å². The lowest BCUT2D eigenvalue weighted by molar-refractivity contribution is -0.137. The van der Waals surface area contributed by atoms with Crippen LogP contribution >= 0.6 is 0 Å². The first kappa shape index (κ1) is 15.4. The second-order valence-corrected chi connectivity index (χ2v) is 5.35. The van der Waals surface area contributed by atoms with Crippen LogP contribution in [-0.2, 0) is 6.18 Å². The van der Waals surface area contributed by atoms with Gasteiger partial charge in [-0.3, -0.25) is 0 Å². The van der Waals surface area contributed by atoms with Gasteiger partial charge in [0.2, 0.25) is 0 Å². The van der Waals surface area contributed by atoms with Crippen LogP contribution in [0.2, 0.25) is 0 Å². The average molecular weight is 293 g/mol. The van der Waals surface area contributed by atoms with Crippen molar-refractivity contribution in [3.05, 3.63) is 65.7 Å². The Morgan fingerprint density at radius 2 is 1.43 bits per heavy atom. The summed E-state index contributed by atoms with van der Waals surface area (Å²) in [7, 11) is 0. The Morgan fingerprint density at radius 1 is 0.857 bits per heavy atom. The first-order valence-corrected chi connectivity index (χ1v) is 6.86. The first-order valence-electron chi connectivity index (χ1n) is 6.86. The average Bonchev–Trinajstić information content (AvgIpc) is 2.45. The molecule has 0 spiro atoms. The van der Waals surface area contributed by atoms with Crippen molar-refractivity contribution in [3.63, 3.8) is 0 Å². The molecule has 1 unspecified atom stereocenters. The van der Waals surface area contributed by atoms with Crippen LogP contribution in [0.25, 0.3) is 0 Å². The lowest BCUT2D eigenvalue weighted by Gasteiger charge is -2.24. The van der Waals surface area contributed by atoms with Crippen LogP contribution < -0.4 is 5.32 Å². The fourth-order valence-corrected chi connectivity index (χ4v) is 2.23. The molecular formula is C17H18F3N. The highest BCUT2D eigenvalue weighted by Gasteiger charge is 2.30. The molecule has 1 atom stereocenters. The Balaban J connectivity index is 2.18. The van der Waals surface area contributed by atoms with Gasteiger partial charge < -0.3 is 5.32 Å². The topological polar surface area (TPSA) is 12.0 Å². The fourth-order valence-electron chi connectivity index (χ4n) is 2.23. The highest BCUT2D eigenvalue weighted by atomic mass is 19.4. The molecule has 2 aromatic rings. The minimum Gasteiger partial charge on any atom is -0.378 e. The van der Waals surface area contributed by atoms with Crippen LogP contribution in [-0.4, -0.2) is 0 Å². The molecule has 1 N–H and O–H groups in total. The van der Waals surface area contributed by atoms with Gasteiger partial charge in [0.1, 0.15) is 0 Å². The van der Waals surface area contributed by atoms with Crippen molar-refractivity contribution < 1.29 is 13.2 Å². The van der Waals surface area contributed by atoms with E-state index in [0.29, 0.717) is 11.6 Å². The summed E-state index contributed by atoms with van der Waals surface area (Å²) in [5.74, 6) is 0.315. The molecule has 0 fully saturated rings. The molecule has 0 amide bonds. The predicted octanol–water partition coefficient (Wildman–Crippen LogP) is 5.51. The maximum Gasteiger partial charge on any atom is 0.416 e. The zero-order valence-corrected chi connectivity index (χ0v) is 12.0. The second kappa shape index (κ2) is 6.20. The number of rotatable bonds is 4. The largest absolute Gasteiger partial charge is 0.416 e. The van der Waals surface area contributed by atoms with Crippen LogP contribution in [0.15, 0.2) is 54.6 Å². The standard InChI is InChI=1S/C17H18F3N/c1-12(2)16(13-6-4-3-5-7-13)21-15-10-8-14(9-11-15)17(18,19)20/h3-12,16,21H,1-2H3. The van der Waals surface area contributed by atoms with Crippen molar-refractivity contribution in [1.29, 1.82) is 0 Å². The van der Waals surface area contributed by atoms with E-state index < -0.39 is 11.7 Å². The summed E-state index contributed by atoms with van der Waals surface area (Å²) in [5, 5.41) is 3.31. The molecule has 0 aliphatic rings. The fraction of sp³-hybridized carbons (Fsp3) is 0.294. The zero-order valence-electron chi connectivity index (χ0n) is 12.0. The summed E-state index contributed by atoms with van der Waals surface area (Å²) in [6.45, 7) is 4.16. The van der Waals surface area contributed by atoms with E-state index in [1.54, 1.807) is 0 Å². The minimum atomic E-state index is -4.30.